The molecule has 1 aliphatic heterocycles. The summed E-state index contributed by atoms with van der Waals surface area (Å²) in [7, 11) is 1.60. The fraction of sp³-hybridized carbons (Fsp3) is 0.297. The van der Waals surface area contributed by atoms with Crippen LogP contribution in [0.4, 0.5) is 8.78 Å². The van der Waals surface area contributed by atoms with Crippen molar-refractivity contribution >= 4 is 23.5 Å². The molecule has 1 unspecified atom stereocenters. The number of benzene rings is 4. The molecule has 5 rings (SSSR count). The van der Waals surface area contributed by atoms with Gasteiger partial charge in [-0.2, -0.15) is 0 Å². The minimum atomic E-state index is -0.887. The van der Waals surface area contributed by atoms with Crippen molar-refractivity contribution in [2.75, 3.05) is 13.6 Å². The fourth-order valence-electron chi connectivity index (χ4n) is 6.07. The number of nitrogens with zero attached hydrogens (tertiary/aromatic N) is 1. The molecule has 10 heteroatoms. The summed E-state index contributed by atoms with van der Waals surface area (Å²) in [5.74, 6) is -1.76. The van der Waals surface area contributed by atoms with Crippen LogP contribution in [0.1, 0.15) is 57.4 Å². The Morgan fingerprint density at radius 1 is 0.894 bits per heavy atom. The lowest BCUT2D eigenvalue weighted by molar-refractivity contribution is -0.144. The predicted molar refractivity (Wildman–Crippen MR) is 177 cm³/mol. The van der Waals surface area contributed by atoms with Crippen LogP contribution in [0, 0.1) is 25.5 Å². The lowest BCUT2D eigenvalue weighted by Gasteiger charge is -2.33. The summed E-state index contributed by atoms with van der Waals surface area (Å²) in [6.07, 6.45) is 2.23. The van der Waals surface area contributed by atoms with Gasteiger partial charge in [0.25, 0.3) is 5.91 Å². The van der Waals surface area contributed by atoms with E-state index in [0.29, 0.717) is 46.2 Å². The maximum Gasteiger partial charge on any atom is 0.320 e. The molecular weight excluding hydrogens is 626 g/mol. The van der Waals surface area contributed by atoms with E-state index in [1.807, 2.05) is 49.1 Å². The number of ether oxygens (including phenoxy) is 2. The van der Waals surface area contributed by atoms with E-state index < -0.39 is 23.6 Å². The van der Waals surface area contributed by atoms with Crippen LogP contribution in [0.3, 0.4) is 0 Å². The first kappa shape index (κ1) is 33.9. The Labute approximate surface area is 278 Å². The average Bonchev–Trinajstić information content (AvgIpc) is 3.04. The van der Waals surface area contributed by atoms with Gasteiger partial charge in [0, 0.05) is 36.9 Å². The molecule has 0 spiro atoms. The number of hydrogen-bond donors (Lipinski definition) is 2. The molecule has 0 bridgehead atoms. The maximum atomic E-state index is 13.9. The Balaban J connectivity index is 1.43. The number of piperidine rings is 1. The van der Waals surface area contributed by atoms with Gasteiger partial charge in [-0.05, 0) is 90.9 Å². The van der Waals surface area contributed by atoms with Crippen molar-refractivity contribution in [2.24, 2.45) is 0 Å². The molecule has 4 aromatic rings. The molecule has 47 heavy (non-hydrogen) atoms. The summed E-state index contributed by atoms with van der Waals surface area (Å²) in [6.45, 7) is 4.83. The number of halogens is 3. The third kappa shape index (κ3) is 7.92. The van der Waals surface area contributed by atoms with E-state index >= 15 is 0 Å². The summed E-state index contributed by atoms with van der Waals surface area (Å²) in [6, 6.07) is 17.4. The first-order valence-corrected chi connectivity index (χ1v) is 15.8. The number of aliphatic carboxylic acids is 1. The number of likely N-dealkylation sites (tertiary alicyclic amines) is 1. The Morgan fingerprint density at radius 2 is 1.57 bits per heavy atom. The molecule has 4 aromatic carbocycles. The second-order valence-corrected chi connectivity index (χ2v) is 12.1. The Bertz CT molecular complexity index is 1780. The lowest BCUT2D eigenvalue weighted by atomic mass is 9.91. The monoisotopic (exact) mass is 662 g/mol. The van der Waals surface area contributed by atoms with Crippen molar-refractivity contribution in [3.63, 3.8) is 0 Å². The summed E-state index contributed by atoms with van der Waals surface area (Å²) in [5.41, 5.74) is 6.20. The first-order chi connectivity index (χ1) is 22.5. The summed E-state index contributed by atoms with van der Waals surface area (Å²) >= 11 is 6.74. The summed E-state index contributed by atoms with van der Waals surface area (Å²) in [5, 5.41) is 12.8. The van der Waals surface area contributed by atoms with E-state index in [4.69, 9.17) is 21.1 Å². The van der Waals surface area contributed by atoms with Crippen molar-refractivity contribution in [2.45, 2.75) is 58.9 Å². The molecule has 0 radical (unpaired) electrons. The Morgan fingerprint density at radius 3 is 2.28 bits per heavy atom. The number of hydrogen-bond acceptors (Lipinski definition) is 5. The molecule has 0 aromatic heterocycles. The quantitative estimate of drug-likeness (QED) is 0.170. The molecule has 0 saturated carbocycles. The fourth-order valence-corrected chi connectivity index (χ4v) is 6.31. The number of rotatable bonds is 11. The Hall–Kier alpha value is -4.47. The number of carbonyl (C=O) groups excluding carboxylic acids is 1. The molecule has 1 atom stereocenters. The molecule has 1 fully saturated rings. The van der Waals surface area contributed by atoms with E-state index in [1.54, 1.807) is 25.2 Å². The van der Waals surface area contributed by atoms with Crippen LogP contribution in [0.25, 0.3) is 11.1 Å². The van der Waals surface area contributed by atoms with Crippen LogP contribution in [0.15, 0.2) is 66.7 Å². The van der Waals surface area contributed by atoms with Crippen LogP contribution in [-0.2, 0) is 24.6 Å². The molecule has 1 heterocycles. The largest absolute Gasteiger partial charge is 0.488 e. The highest BCUT2D eigenvalue weighted by Crippen LogP contribution is 2.37. The van der Waals surface area contributed by atoms with E-state index in [-0.39, 0.29) is 25.7 Å². The number of nitrogens with one attached hydrogen (secondary N) is 1. The molecular formula is C37H37ClF2N2O5. The highest BCUT2D eigenvalue weighted by Gasteiger charge is 2.29. The van der Waals surface area contributed by atoms with Crippen molar-refractivity contribution in [3.8, 4) is 22.6 Å². The maximum absolute atomic E-state index is 13.9. The van der Waals surface area contributed by atoms with E-state index in [0.717, 1.165) is 46.7 Å². The Kier molecular flexibility index (Phi) is 10.8. The van der Waals surface area contributed by atoms with Crippen molar-refractivity contribution < 1.29 is 33.0 Å². The number of carboxylic acids is 1. The van der Waals surface area contributed by atoms with Gasteiger partial charge in [0.05, 0.1) is 5.02 Å². The van der Waals surface area contributed by atoms with E-state index in [1.165, 1.54) is 12.1 Å². The highest BCUT2D eigenvalue weighted by atomic mass is 35.5. The third-order valence-corrected chi connectivity index (χ3v) is 8.92. The third-order valence-electron chi connectivity index (χ3n) is 8.63. The van der Waals surface area contributed by atoms with Gasteiger partial charge in [0.1, 0.15) is 42.4 Å². The first-order valence-electron chi connectivity index (χ1n) is 15.5. The zero-order chi connectivity index (χ0) is 33.7. The molecule has 1 saturated heterocycles. The standard InChI is InChI=1S/C37H37ClF2N2O5/c1-22-25(8-6-9-29(22)30-10-7-11-31(23(30)2)36(43)41-3)21-47-35-18-34(46-20-24-14-27(39)17-28(40)15-24)26(16-32(35)38)19-42-13-5-4-12-33(42)37(44)45/h6-11,14-18,33H,4-5,12-13,19-21H2,1-3H3,(H,41,43)(H,44,45). The van der Waals surface area contributed by atoms with Crippen LogP contribution in [-0.4, -0.2) is 41.5 Å². The van der Waals surface area contributed by atoms with Crippen molar-refractivity contribution in [1.29, 1.82) is 0 Å². The zero-order valence-corrected chi connectivity index (χ0v) is 27.3. The van der Waals surface area contributed by atoms with Gasteiger partial charge in [-0.15, -0.1) is 0 Å². The molecule has 1 aliphatic rings. The van der Waals surface area contributed by atoms with Gasteiger partial charge in [0.2, 0.25) is 0 Å². The number of carbonyl (C=O) groups is 2. The topological polar surface area (TPSA) is 88.1 Å². The van der Waals surface area contributed by atoms with E-state index in [2.05, 4.69) is 5.32 Å². The second-order valence-electron chi connectivity index (χ2n) is 11.7. The highest BCUT2D eigenvalue weighted by molar-refractivity contribution is 6.32. The summed E-state index contributed by atoms with van der Waals surface area (Å²) in [4.78, 5) is 26.3. The van der Waals surface area contributed by atoms with Crippen LogP contribution >= 0.6 is 11.6 Å². The van der Waals surface area contributed by atoms with Gasteiger partial charge >= 0.3 is 5.97 Å². The molecule has 246 valence electrons. The van der Waals surface area contributed by atoms with E-state index in [9.17, 15) is 23.5 Å². The smallest absolute Gasteiger partial charge is 0.320 e. The van der Waals surface area contributed by atoms with Gasteiger partial charge in [0.15, 0.2) is 0 Å². The van der Waals surface area contributed by atoms with Crippen LogP contribution < -0.4 is 14.8 Å². The molecule has 1 amide bonds. The van der Waals surface area contributed by atoms with Gasteiger partial charge in [-0.3, -0.25) is 14.5 Å². The van der Waals surface area contributed by atoms with Gasteiger partial charge in [-0.1, -0.05) is 48.4 Å². The molecule has 0 aliphatic carbocycles. The predicted octanol–water partition coefficient (Wildman–Crippen LogP) is 7.86. The minimum Gasteiger partial charge on any atom is -0.488 e. The van der Waals surface area contributed by atoms with Crippen LogP contribution in [0.5, 0.6) is 11.5 Å². The minimum absolute atomic E-state index is 0.124. The summed E-state index contributed by atoms with van der Waals surface area (Å²) < 4.78 is 40.1. The van der Waals surface area contributed by atoms with Gasteiger partial charge < -0.3 is 19.9 Å². The second kappa shape index (κ2) is 15.0. The zero-order valence-electron chi connectivity index (χ0n) is 26.5. The van der Waals surface area contributed by atoms with Crippen LogP contribution in [0.2, 0.25) is 5.02 Å². The molecule has 7 nitrogen and oxygen atoms in total. The normalized spacial score (nSPS) is 14.9. The SMILES string of the molecule is CNC(=O)c1cccc(-c2cccc(COc3cc(OCc4cc(F)cc(F)c4)c(CN4CCCCC4C(=O)O)cc3Cl)c2C)c1C. The molecule has 2 N–H and O–H groups in total. The van der Waals surface area contributed by atoms with Crippen molar-refractivity contribution in [3.05, 3.63) is 117 Å². The lowest BCUT2D eigenvalue weighted by Crippen LogP contribution is -2.44. The van der Waals surface area contributed by atoms with Crippen molar-refractivity contribution in [1.82, 2.24) is 10.2 Å². The number of amides is 1. The average molecular weight is 663 g/mol. The van der Waals surface area contributed by atoms with Gasteiger partial charge in [-0.25, -0.2) is 8.78 Å². The number of carboxylic acid groups (broad SMARTS) is 1.